The maximum atomic E-state index is 13.9. The van der Waals surface area contributed by atoms with E-state index in [0.29, 0.717) is 36.1 Å². The molecular formula is C19H18FN3O3. The highest BCUT2D eigenvalue weighted by atomic mass is 19.1. The number of hydrogen-bond acceptors (Lipinski definition) is 3. The third-order valence-electron chi connectivity index (χ3n) is 4.75. The van der Waals surface area contributed by atoms with E-state index in [9.17, 15) is 14.0 Å². The van der Waals surface area contributed by atoms with Gasteiger partial charge in [0, 0.05) is 24.5 Å². The summed E-state index contributed by atoms with van der Waals surface area (Å²) >= 11 is 0. The van der Waals surface area contributed by atoms with Gasteiger partial charge in [0.2, 0.25) is 0 Å². The first-order chi connectivity index (χ1) is 12.5. The molecule has 1 atom stereocenters. The van der Waals surface area contributed by atoms with Gasteiger partial charge >= 0.3 is 0 Å². The van der Waals surface area contributed by atoms with Crippen molar-refractivity contribution in [2.24, 2.45) is 0 Å². The average Bonchev–Trinajstić information content (AvgIpc) is 3.37. The minimum Gasteiger partial charge on any atom is -0.459 e. The Morgan fingerprint density at radius 3 is 2.92 bits per heavy atom. The van der Waals surface area contributed by atoms with E-state index >= 15 is 0 Å². The summed E-state index contributed by atoms with van der Waals surface area (Å²) in [7, 11) is 0. The van der Waals surface area contributed by atoms with E-state index < -0.39 is 0 Å². The molecule has 1 fully saturated rings. The molecule has 0 saturated carbocycles. The summed E-state index contributed by atoms with van der Waals surface area (Å²) in [6, 6.07) is 7.86. The lowest BCUT2D eigenvalue weighted by atomic mass is 10.1. The number of fused-ring (bicyclic) bond motifs is 1. The number of aromatic nitrogens is 1. The van der Waals surface area contributed by atoms with E-state index in [1.54, 1.807) is 29.2 Å². The fraction of sp³-hybridized carbons (Fsp3) is 0.263. The summed E-state index contributed by atoms with van der Waals surface area (Å²) in [4.78, 5) is 29.3. The van der Waals surface area contributed by atoms with Crippen molar-refractivity contribution in [3.63, 3.8) is 0 Å². The number of carbonyl (C=O) groups excluding carboxylic acids is 2. The van der Waals surface area contributed by atoms with Crippen molar-refractivity contribution >= 4 is 22.7 Å². The molecule has 7 heteroatoms. The zero-order chi connectivity index (χ0) is 18.3. The standard InChI is InChI=1S/C19H18FN3O3/c1-11-4-5-14(20)17-13(11)9-15(22-17)19(25)23-7-6-12(10-23)21-18(24)16-3-2-8-26-16/h2-5,8-9,12,22H,6-7,10H2,1H3,(H,21,24)/t12-/m0/s1. The van der Waals surface area contributed by atoms with Crippen LogP contribution in [0.25, 0.3) is 10.9 Å². The van der Waals surface area contributed by atoms with Crippen molar-refractivity contribution in [1.29, 1.82) is 0 Å². The molecular weight excluding hydrogens is 337 g/mol. The Balaban J connectivity index is 1.47. The first kappa shape index (κ1) is 16.4. The van der Waals surface area contributed by atoms with Gasteiger partial charge in [-0.05, 0) is 43.2 Å². The summed E-state index contributed by atoms with van der Waals surface area (Å²) in [6.07, 6.45) is 2.10. The van der Waals surface area contributed by atoms with Crippen molar-refractivity contribution < 1.29 is 18.4 Å². The summed E-state index contributed by atoms with van der Waals surface area (Å²) in [5.41, 5.74) is 1.60. The lowest BCUT2D eigenvalue weighted by Gasteiger charge is -2.16. The first-order valence-corrected chi connectivity index (χ1v) is 8.44. The summed E-state index contributed by atoms with van der Waals surface area (Å²) in [6.45, 7) is 2.81. The molecule has 3 aromatic rings. The van der Waals surface area contributed by atoms with Crippen molar-refractivity contribution in [2.45, 2.75) is 19.4 Å². The molecule has 0 bridgehead atoms. The van der Waals surface area contributed by atoms with Gasteiger partial charge < -0.3 is 19.6 Å². The number of benzene rings is 1. The fourth-order valence-corrected chi connectivity index (χ4v) is 3.34. The topological polar surface area (TPSA) is 78.3 Å². The number of carbonyl (C=O) groups is 2. The molecule has 1 saturated heterocycles. The Labute approximate surface area is 149 Å². The van der Waals surface area contributed by atoms with Gasteiger partial charge in [0.15, 0.2) is 5.76 Å². The van der Waals surface area contributed by atoms with Gasteiger partial charge in [-0.1, -0.05) is 6.07 Å². The number of rotatable bonds is 3. The van der Waals surface area contributed by atoms with Crippen molar-refractivity contribution in [3.8, 4) is 0 Å². The molecule has 0 unspecified atom stereocenters. The Bertz CT molecular complexity index is 938. The number of nitrogens with zero attached hydrogens (tertiary/aromatic N) is 1. The van der Waals surface area contributed by atoms with Crippen LogP contribution in [-0.4, -0.2) is 40.8 Å². The molecule has 0 aliphatic carbocycles. The Morgan fingerprint density at radius 2 is 2.19 bits per heavy atom. The smallest absolute Gasteiger partial charge is 0.287 e. The highest BCUT2D eigenvalue weighted by molar-refractivity contribution is 5.99. The average molecular weight is 355 g/mol. The van der Waals surface area contributed by atoms with E-state index in [0.717, 1.165) is 5.56 Å². The van der Waals surface area contributed by atoms with Crippen LogP contribution >= 0.6 is 0 Å². The third kappa shape index (κ3) is 2.85. The number of aromatic amines is 1. The molecule has 0 spiro atoms. The molecule has 0 radical (unpaired) electrons. The van der Waals surface area contributed by atoms with E-state index in [-0.39, 0.29) is 29.4 Å². The van der Waals surface area contributed by atoms with Gasteiger partial charge in [-0.2, -0.15) is 0 Å². The van der Waals surface area contributed by atoms with Gasteiger partial charge in [0.25, 0.3) is 11.8 Å². The van der Waals surface area contributed by atoms with Gasteiger partial charge in [0.1, 0.15) is 11.5 Å². The van der Waals surface area contributed by atoms with Crippen LogP contribution < -0.4 is 5.32 Å². The van der Waals surface area contributed by atoms with Crippen LogP contribution in [0.4, 0.5) is 4.39 Å². The molecule has 4 rings (SSSR count). The Kier molecular flexibility index (Phi) is 3.99. The van der Waals surface area contributed by atoms with Crippen molar-refractivity contribution in [2.75, 3.05) is 13.1 Å². The monoisotopic (exact) mass is 355 g/mol. The van der Waals surface area contributed by atoms with Crippen LogP contribution in [0.2, 0.25) is 0 Å². The molecule has 6 nitrogen and oxygen atoms in total. The second kappa shape index (κ2) is 6.33. The molecule has 2 amide bonds. The van der Waals surface area contributed by atoms with Crippen LogP contribution in [0, 0.1) is 12.7 Å². The van der Waals surface area contributed by atoms with Crippen LogP contribution in [0.15, 0.2) is 41.0 Å². The summed E-state index contributed by atoms with van der Waals surface area (Å²) in [5.74, 6) is -0.627. The number of amides is 2. The number of halogens is 1. The van der Waals surface area contributed by atoms with Crippen molar-refractivity contribution in [3.05, 3.63) is 59.4 Å². The number of likely N-dealkylation sites (tertiary alicyclic amines) is 1. The van der Waals surface area contributed by atoms with Crippen molar-refractivity contribution in [1.82, 2.24) is 15.2 Å². The molecule has 1 aliphatic rings. The minimum absolute atomic E-state index is 0.139. The number of aryl methyl sites for hydroxylation is 1. The highest BCUT2D eigenvalue weighted by Crippen LogP contribution is 2.24. The Hall–Kier alpha value is -3.09. The normalized spacial score (nSPS) is 17.0. The quantitative estimate of drug-likeness (QED) is 0.758. The molecule has 1 aromatic carbocycles. The van der Waals surface area contributed by atoms with Gasteiger partial charge in [-0.25, -0.2) is 4.39 Å². The second-order valence-electron chi connectivity index (χ2n) is 6.52. The molecule has 3 heterocycles. The summed E-state index contributed by atoms with van der Waals surface area (Å²) < 4.78 is 19.0. The molecule has 2 N–H and O–H groups in total. The number of H-pyrrole nitrogens is 1. The number of nitrogens with one attached hydrogen (secondary N) is 2. The zero-order valence-corrected chi connectivity index (χ0v) is 14.2. The minimum atomic E-state index is -0.380. The summed E-state index contributed by atoms with van der Waals surface area (Å²) in [5, 5.41) is 3.57. The SMILES string of the molecule is Cc1ccc(F)c2[nH]c(C(=O)N3CC[C@H](NC(=O)c4ccco4)C3)cc12. The lowest BCUT2D eigenvalue weighted by Crippen LogP contribution is -2.38. The maximum Gasteiger partial charge on any atom is 0.287 e. The Morgan fingerprint density at radius 1 is 1.35 bits per heavy atom. The van der Waals surface area contributed by atoms with Crippen LogP contribution in [0.1, 0.15) is 33.0 Å². The van der Waals surface area contributed by atoms with Gasteiger partial charge in [-0.3, -0.25) is 9.59 Å². The van der Waals surface area contributed by atoms with Crippen LogP contribution in [0.3, 0.4) is 0 Å². The maximum absolute atomic E-state index is 13.9. The van der Waals surface area contributed by atoms with E-state index in [4.69, 9.17) is 4.42 Å². The second-order valence-corrected chi connectivity index (χ2v) is 6.52. The fourth-order valence-electron chi connectivity index (χ4n) is 3.34. The highest BCUT2D eigenvalue weighted by Gasteiger charge is 2.29. The molecule has 26 heavy (non-hydrogen) atoms. The molecule has 2 aromatic heterocycles. The van der Waals surface area contributed by atoms with E-state index in [1.165, 1.54) is 12.3 Å². The van der Waals surface area contributed by atoms with Crippen LogP contribution in [-0.2, 0) is 0 Å². The van der Waals surface area contributed by atoms with Gasteiger partial charge in [-0.15, -0.1) is 0 Å². The van der Waals surface area contributed by atoms with E-state index in [1.807, 2.05) is 6.92 Å². The van der Waals surface area contributed by atoms with E-state index in [2.05, 4.69) is 10.3 Å². The molecule has 134 valence electrons. The lowest BCUT2D eigenvalue weighted by molar-refractivity contribution is 0.0777. The third-order valence-corrected chi connectivity index (χ3v) is 4.75. The van der Waals surface area contributed by atoms with Crippen LogP contribution in [0.5, 0.6) is 0 Å². The predicted octanol–water partition coefficient (Wildman–Crippen LogP) is 2.85. The molecule has 1 aliphatic heterocycles. The van der Waals surface area contributed by atoms with Gasteiger partial charge in [0.05, 0.1) is 11.8 Å². The number of furan rings is 1. The zero-order valence-electron chi connectivity index (χ0n) is 14.2. The predicted molar refractivity (Wildman–Crippen MR) is 93.5 cm³/mol. The first-order valence-electron chi connectivity index (χ1n) is 8.44. The number of hydrogen-bond donors (Lipinski definition) is 2. The largest absolute Gasteiger partial charge is 0.459 e.